The number of hydrogen-bond acceptors (Lipinski definition) is 3. The molecule has 0 spiro atoms. The zero-order chi connectivity index (χ0) is 13.9. The molecule has 0 amide bonds. The van der Waals surface area contributed by atoms with Crippen molar-refractivity contribution in [1.82, 2.24) is 0 Å². The molecule has 0 aliphatic rings. The molecule has 0 aliphatic heterocycles. The summed E-state index contributed by atoms with van der Waals surface area (Å²) in [7, 11) is 0. The van der Waals surface area contributed by atoms with Crippen LogP contribution >= 0.6 is 11.3 Å². The van der Waals surface area contributed by atoms with Crippen LogP contribution in [0.1, 0.15) is 10.4 Å². The molecule has 1 heterocycles. The first-order chi connectivity index (χ1) is 8.99. The molecule has 1 aromatic heterocycles. The lowest BCUT2D eigenvalue weighted by Gasteiger charge is -2.11. The van der Waals surface area contributed by atoms with E-state index in [0.29, 0.717) is 6.29 Å². The van der Waals surface area contributed by atoms with E-state index in [4.69, 9.17) is 0 Å². The molecule has 6 heteroatoms. The highest BCUT2D eigenvalue weighted by molar-refractivity contribution is 7.08. The van der Waals surface area contributed by atoms with Crippen molar-refractivity contribution in [2.75, 3.05) is 6.61 Å². The van der Waals surface area contributed by atoms with Gasteiger partial charge in [-0.05, 0) is 40.1 Å². The van der Waals surface area contributed by atoms with E-state index in [-0.39, 0.29) is 11.3 Å². The maximum atomic E-state index is 12.1. The zero-order valence-electron chi connectivity index (χ0n) is 9.61. The van der Waals surface area contributed by atoms with Gasteiger partial charge < -0.3 is 4.74 Å². The van der Waals surface area contributed by atoms with Crippen LogP contribution in [0, 0.1) is 0 Å². The number of hydrogen-bond donors (Lipinski definition) is 0. The third-order valence-corrected chi connectivity index (χ3v) is 3.07. The van der Waals surface area contributed by atoms with Gasteiger partial charge in [-0.15, -0.1) is 0 Å². The van der Waals surface area contributed by atoms with Crippen molar-refractivity contribution in [3.05, 3.63) is 40.6 Å². The normalized spacial score (nSPS) is 11.3. The van der Waals surface area contributed by atoms with E-state index in [9.17, 15) is 18.0 Å². The molecule has 0 aliphatic carbocycles. The molecule has 0 saturated heterocycles. The molecule has 19 heavy (non-hydrogen) atoms. The summed E-state index contributed by atoms with van der Waals surface area (Å²) in [5.74, 6) is -0.0636. The number of thiophene rings is 1. The lowest BCUT2D eigenvalue weighted by molar-refractivity contribution is -0.153. The van der Waals surface area contributed by atoms with Gasteiger partial charge in [-0.2, -0.15) is 24.5 Å². The summed E-state index contributed by atoms with van der Waals surface area (Å²) >= 11 is 1.50. The highest BCUT2D eigenvalue weighted by Gasteiger charge is 2.28. The summed E-state index contributed by atoms with van der Waals surface area (Å²) in [6, 6.07) is 6.38. The van der Waals surface area contributed by atoms with Crippen LogP contribution in [0.3, 0.4) is 0 Å². The first-order valence-electron chi connectivity index (χ1n) is 5.31. The number of halogens is 3. The van der Waals surface area contributed by atoms with Crippen LogP contribution in [0.2, 0.25) is 0 Å². The van der Waals surface area contributed by atoms with E-state index in [0.717, 1.165) is 11.1 Å². The molecule has 0 fully saturated rings. The molecule has 1 aromatic carbocycles. The van der Waals surface area contributed by atoms with Gasteiger partial charge in [-0.25, -0.2) is 0 Å². The van der Waals surface area contributed by atoms with Crippen molar-refractivity contribution < 1.29 is 22.7 Å². The molecular weight excluding hydrogens is 277 g/mol. The third kappa shape index (κ3) is 3.57. The number of rotatable bonds is 4. The van der Waals surface area contributed by atoms with Crippen LogP contribution in [-0.4, -0.2) is 19.1 Å². The van der Waals surface area contributed by atoms with Crippen molar-refractivity contribution in [2.45, 2.75) is 6.18 Å². The number of carbonyl (C=O) groups excluding carboxylic acids is 1. The van der Waals surface area contributed by atoms with Gasteiger partial charge in [0.1, 0.15) is 5.75 Å². The predicted molar refractivity (Wildman–Crippen MR) is 66.7 cm³/mol. The molecule has 0 saturated carbocycles. The largest absolute Gasteiger partial charge is 0.483 e. The molecule has 0 N–H and O–H groups in total. The Kier molecular flexibility index (Phi) is 3.90. The van der Waals surface area contributed by atoms with Gasteiger partial charge in [-0.3, -0.25) is 4.79 Å². The van der Waals surface area contributed by atoms with Crippen LogP contribution in [0.25, 0.3) is 11.1 Å². The average Bonchev–Trinajstić information content (AvgIpc) is 2.89. The van der Waals surface area contributed by atoms with Crippen LogP contribution < -0.4 is 4.74 Å². The second kappa shape index (κ2) is 5.44. The minimum atomic E-state index is -4.42. The maximum Gasteiger partial charge on any atom is 0.422 e. The Morgan fingerprint density at radius 3 is 2.58 bits per heavy atom. The van der Waals surface area contributed by atoms with Gasteiger partial charge >= 0.3 is 6.18 Å². The first-order valence-corrected chi connectivity index (χ1v) is 6.25. The second-order valence-electron chi connectivity index (χ2n) is 3.79. The van der Waals surface area contributed by atoms with Crippen LogP contribution in [0.5, 0.6) is 5.75 Å². The number of carbonyl (C=O) groups is 1. The van der Waals surface area contributed by atoms with Gasteiger partial charge in [0.15, 0.2) is 12.9 Å². The summed E-state index contributed by atoms with van der Waals surface area (Å²) in [4.78, 5) is 10.9. The average molecular weight is 286 g/mol. The van der Waals surface area contributed by atoms with Gasteiger partial charge in [-0.1, -0.05) is 6.07 Å². The molecule has 0 unspecified atom stereocenters. The zero-order valence-corrected chi connectivity index (χ0v) is 10.4. The first kappa shape index (κ1) is 13.6. The van der Waals surface area contributed by atoms with Crippen LogP contribution in [-0.2, 0) is 0 Å². The lowest BCUT2D eigenvalue weighted by atomic mass is 10.1. The van der Waals surface area contributed by atoms with Gasteiger partial charge in [0.2, 0.25) is 0 Å². The SMILES string of the molecule is O=Cc1cc(-c2ccsc2)ccc1OCC(F)(F)F. The second-order valence-corrected chi connectivity index (χ2v) is 4.57. The van der Waals surface area contributed by atoms with E-state index >= 15 is 0 Å². The molecular formula is C13H9F3O2S. The molecule has 0 radical (unpaired) electrons. The van der Waals surface area contributed by atoms with Gasteiger partial charge in [0.05, 0.1) is 5.56 Å². The third-order valence-electron chi connectivity index (χ3n) is 2.38. The Hall–Kier alpha value is -1.82. The van der Waals surface area contributed by atoms with Crippen molar-refractivity contribution in [2.24, 2.45) is 0 Å². The highest BCUT2D eigenvalue weighted by atomic mass is 32.1. The van der Waals surface area contributed by atoms with Gasteiger partial charge in [0.25, 0.3) is 0 Å². The molecule has 0 atom stereocenters. The van der Waals surface area contributed by atoms with Crippen molar-refractivity contribution in [3.63, 3.8) is 0 Å². The number of aldehydes is 1. The Morgan fingerprint density at radius 1 is 1.21 bits per heavy atom. The Morgan fingerprint density at radius 2 is 2.00 bits per heavy atom. The molecule has 2 aromatic rings. The van der Waals surface area contributed by atoms with Crippen molar-refractivity contribution >= 4 is 17.6 Å². The standard InChI is InChI=1S/C13H9F3O2S/c14-13(15,16)8-18-12-2-1-9(5-11(12)6-17)10-3-4-19-7-10/h1-7H,8H2. The summed E-state index contributed by atoms with van der Waals surface area (Å²) in [5.41, 5.74) is 1.78. The van der Waals surface area contributed by atoms with E-state index in [2.05, 4.69) is 4.74 Å². The number of benzene rings is 1. The quantitative estimate of drug-likeness (QED) is 0.788. The minimum absolute atomic E-state index is 0.0636. The lowest BCUT2D eigenvalue weighted by Crippen LogP contribution is -2.19. The molecule has 2 nitrogen and oxygen atoms in total. The van der Waals surface area contributed by atoms with E-state index in [1.165, 1.54) is 23.5 Å². The fraction of sp³-hybridized carbons (Fsp3) is 0.154. The summed E-state index contributed by atoms with van der Waals surface area (Å²) < 4.78 is 40.8. The Bertz CT molecular complexity index is 562. The van der Waals surface area contributed by atoms with Crippen LogP contribution in [0.15, 0.2) is 35.0 Å². The molecule has 2 rings (SSSR count). The Labute approximate surface area is 111 Å². The van der Waals surface area contributed by atoms with Crippen molar-refractivity contribution in [1.29, 1.82) is 0 Å². The fourth-order valence-electron chi connectivity index (χ4n) is 1.54. The van der Waals surface area contributed by atoms with Crippen LogP contribution in [0.4, 0.5) is 13.2 Å². The summed E-state index contributed by atoms with van der Waals surface area (Å²) in [6.07, 6.45) is -3.94. The number of ether oxygens (including phenoxy) is 1. The van der Waals surface area contributed by atoms with Crippen molar-refractivity contribution in [3.8, 4) is 16.9 Å². The van der Waals surface area contributed by atoms with E-state index in [1.807, 2.05) is 16.8 Å². The highest BCUT2D eigenvalue weighted by Crippen LogP contribution is 2.28. The van der Waals surface area contributed by atoms with E-state index < -0.39 is 12.8 Å². The molecule has 100 valence electrons. The molecule has 0 bridgehead atoms. The fourth-order valence-corrected chi connectivity index (χ4v) is 2.20. The minimum Gasteiger partial charge on any atom is -0.483 e. The summed E-state index contributed by atoms with van der Waals surface area (Å²) in [6.45, 7) is -1.41. The maximum absolute atomic E-state index is 12.1. The van der Waals surface area contributed by atoms with Gasteiger partial charge in [0, 0.05) is 0 Å². The number of alkyl halides is 3. The smallest absolute Gasteiger partial charge is 0.422 e. The Balaban J connectivity index is 2.24. The predicted octanol–water partition coefficient (Wildman–Crippen LogP) is 4.17. The monoisotopic (exact) mass is 286 g/mol. The topological polar surface area (TPSA) is 26.3 Å². The van der Waals surface area contributed by atoms with E-state index in [1.54, 1.807) is 6.07 Å². The summed E-state index contributed by atoms with van der Waals surface area (Å²) in [5, 5.41) is 3.77.